The zero-order chi connectivity index (χ0) is 25.5. The fourth-order valence-corrected chi connectivity index (χ4v) is 4.52. The van der Waals surface area contributed by atoms with E-state index in [1.165, 1.54) is 0 Å². The molecule has 0 bridgehead atoms. The number of ether oxygens (including phenoxy) is 7. The summed E-state index contributed by atoms with van der Waals surface area (Å²) < 4.78 is 43.2. The van der Waals surface area contributed by atoms with Crippen LogP contribution in [0.25, 0.3) is 0 Å². The molecule has 37 heavy (non-hydrogen) atoms. The maximum absolute atomic E-state index is 6.44. The monoisotopic (exact) mass is 504 g/mol. The Morgan fingerprint density at radius 1 is 0.838 bits per heavy atom. The molecule has 0 saturated carbocycles. The molecule has 6 atom stereocenters. The Hall–Kier alpha value is -3.20. The van der Waals surface area contributed by atoms with E-state index < -0.39 is 37.0 Å². The van der Waals surface area contributed by atoms with Gasteiger partial charge in [-0.2, -0.15) is 0 Å². The van der Waals surface area contributed by atoms with Gasteiger partial charge >= 0.3 is 0 Å². The van der Waals surface area contributed by atoms with Gasteiger partial charge in [0.05, 0.1) is 26.9 Å². The van der Waals surface area contributed by atoms with E-state index in [1.807, 2.05) is 84.9 Å². The van der Waals surface area contributed by atoms with Crippen LogP contribution in [0.5, 0.6) is 11.5 Å². The summed E-state index contributed by atoms with van der Waals surface area (Å²) in [6, 6.07) is 27.2. The molecule has 0 aromatic heterocycles. The molecule has 0 N–H and O–H groups in total. The maximum atomic E-state index is 6.44. The predicted molar refractivity (Wildman–Crippen MR) is 137 cm³/mol. The number of rotatable bonds is 10. The van der Waals surface area contributed by atoms with Crippen molar-refractivity contribution in [2.24, 2.45) is 0 Å². The quantitative estimate of drug-likeness (QED) is 0.357. The average molecular weight is 505 g/mol. The Morgan fingerprint density at radius 2 is 1.54 bits per heavy atom. The normalized spacial score (nSPS) is 27.2. The molecule has 2 aliphatic heterocycles. The van der Waals surface area contributed by atoms with Gasteiger partial charge in [-0.25, -0.2) is 0 Å². The van der Waals surface area contributed by atoms with Crippen LogP contribution in [-0.2, 0) is 30.3 Å². The number of hydrogen-bond donors (Lipinski definition) is 0. The molecule has 7 heteroatoms. The molecular formula is C30H32O7. The lowest BCUT2D eigenvalue weighted by atomic mass is 9.97. The first-order valence-electron chi connectivity index (χ1n) is 12.4. The standard InChI is InChI=1S/C30H32O7/c1-3-18-32-27-26-25(20-34-29(37-26)22-12-8-5-9-13-22)36-30(35-24-16-14-23(31-2)15-17-24)28(27)33-19-21-10-6-4-7-11-21/h3-17,25-30H,1,18-20H2,2H3/t25-,26-,27+,28+,29?,30+/m1/s1. The van der Waals surface area contributed by atoms with Crippen molar-refractivity contribution in [1.82, 2.24) is 0 Å². The van der Waals surface area contributed by atoms with E-state index in [-0.39, 0.29) is 0 Å². The highest BCUT2D eigenvalue weighted by molar-refractivity contribution is 5.31. The molecular weight excluding hydrogens is 472 g/mol. The first-order valence-corrected chi connectivity index (χ1v) is 12.4. The summed E-state index contributed by atoms with van der Waals surface area (Å²) in [4.78, 5) is 0. The van der Waals surface area contributed by atoms with Gasteiger partial charge in [0.2, 0.25) is 6.29 Å². The van der Waals surface area contributed by atoms with Crippen molar-refractivity contribution in [1.29, 1.82) is 0 Å². The maximum Gasteiger partial charge on any atom is 0.229 e. The third-order valence-electron chi connectivity index (χ3n) is 6.36. The second-order valence-electron chi connectivity index (χ2n) is 8.86. The zero-order valence-electron chi connectivity index (χ0n) is 20.8. The van der Waals surface area contributed by atoms with Crippen LogP contribution in [0.15, 0.2) is 97.6 Å². The van der Waals surface area contributed by atoms with Gasteiger partial charge in [-0.1, -0.05) is 66.7 Å². The van der Waals surface area contributed by atoms with Crippen molar-refractivity contribution in [3.05, 3.63) is 109 Å². The minimum atomic E-state index is -0.756. The SMILES string of the molecule is C=CCO[C@@H]1[C@H](OCc2ccccc2)[C@@H](Oc2ccc(OC)cc2)O[C@@H]2COC(c3ccccc3)O[C@@H]12. The number of hydrogen-bond acceptors (Lipinski definition) is 7. The second-order valence-corrected chi connectivity index (χ2v) is 8.86. The Labute approximate surface area is 217 Å². The lowest BCUT2D eigenvalue weighted by molar-refractivity contribution is -0.359. The first kappa shape index (κ1) is 25.4. The molecule has 1 unspecified atom stereocenters. The molecule has 5 rings (SSSR count). The van der Waals surface area contributed by atoms with Gasteiger partial charge in [0, 0.05) is 5.56 Å². The number of methoxy groups -OCH3 is 1. The Balaban J connectivity index is 1.41. The lowest BCUT2D eigenvalue weighted by Crippen LogP contribution is -2.64. The van der Waals surface area contributed by atoms with Gasteiger partial charge in [-0.05, 0) is 29.8 Å². The topological polar surface area (TPSA) is 64.6 Å². The highest BCUT2D eigenvalue weighted by atomic mass is 16.8. The van der Waals surface area contributed by atoms with Gasteiger partial charge in [0.1, 0.15) is 35.9 Å². The van der Waals surface area contributed by atoms with Crippen molar-refractivity contribution >= 4 is 0 Å². The highest BCUT2D eigenvalue weighted by Gasteiger charge is 2.52. The summed E-state index contributed by atoms with van der Waals surface area (Å²) in [5.41, 5.74) is 1.96. The van der Waals surface area contributed by atoms with Crippen molar-refractivity contribution in [2.45, 2.75) is 43.6 Å². The molecule has 7 nitrogen and oxygen atoms in total. The van der Waals surface area contributed by atoms with E-state index in [2.05, 4.69) is 6.58 Å². The fourth-order valence-electron chi connectivity index (χ4n) is 4.52. The lowest BCUT2D eigenvalue weighted by Gasteiger charge is -2.48. The Morgan fingerprint density at radius 3 is 2.24 bits per heavy atom. The third kappa shape index (κ3) is 6.21. The van der Waals surface area contributed by atoms with E-state index in [0.717, 1.165) is 16.9 Å². The minimum Gasteiger partial charge on any atom is -0.497 e. The van der Waals surface area contributed by atoms with Gasteiger partial charge in [0.25, 0.3) is 0 Å². The molecule has 2 heterocycles. The summed E-state index contributed by atoms with van der Waals surface area (Å²) in [5, 5.41) is 0. The molecule has 2 aliphatic rings. The van der Waals surface area contributed by atoms with Crippen LogP contribution >= 0.6 is 0 Å². The van der Waals surface area contributed by atoms with Gasteiger partial charge in [0.15, 0.2) is 6.29 Å². The summed E-state index contributed by atoms with van der Waals surface area (Å²) in [6.07, 6.45) is -1.49. The van der Waals surface area contributed by atoms with E-state index in [1.54, 1.807) is 13.2 Å². The summed E-state index contributed by atoms with van der Waals surface area (Å²) >= 11 is 0. The van der Waals surface area contributed by atoms with Crippen LogP contribution in [-0.4, -0.2) is 51.0 Å². The van der Waals surface area contributed by atoms with Crippen molar-refractivity contribution in [2.75, 3.05) is 20.3 Å². The first-order chi connectivity index (χ1) is 18.2. The minimum absolute atomic E-state index is 0.325. The molecule has 0 aliphatic carbocycles. The summed E-state index contributed by atoms with van der Waals surface area (Å²) in [5.74, 6) is 1.36. The van der Waals surface area contributed by atoms with Gasteiger partial charge in [-0.15, -0.1) is 6.58 Å². The second kappa shape index (κ2) is 12.4. The predicted octanol–water partition coefficient (Wildman–Crippen LogP) is 5.07. The summed E-state index contributed by atoms with van der Waals surface area (Å²) in [6.45, 7) is 4.84. The van der Waals surface area contributed by atoms with E-state index in [9.17, 15) is 0 Å². The van der Waals surface area contributed by atoms with Gasteiger partial charge in [-0.3, -0.25) is 0 Å². The molecule has 0 radical (unpaired) electrons. The van der Waals surface area contributed by atoms with Crippen LogP contribution < -0.4 is 9.47 Å². The largest absolute Gasteiger partial charge is 0.497 e. The van der Waals surface area contributed by atoms with E-state index in [4.69, 9.17) is 33.2 Å². The molecule has 0 spiro atoms. The van der Waals surface area contributed by atoms with E-state index in [0.29, 0.717) is 25.6 Å². The molecule has 2 saturated heterocycles. The number of fused-ring (bicyclic) bond motifs is 1. The molecule has 194 valence electrons. The van der Waals surface area contributed by atoms with Crippen molar-refractivity contribution < 1.29 is 33.2 Å². The number of benzene rings is 3. The van der Waals surface area contributed by atoms with Crippen molar-refractivity contribution in [3.8, 4) is 11.5 Å². The fraction of sp³-hybridized carbons (Fsp3) is 0.333. The molecule has 3 aromatic rings. The van der Waals surface area contributed by atoms with Crippen molar-refractivity contribution in [3.63, 3.8) is 0 Å². The van der Waals surface area contributed by atoms with Crippen LogP contribution in [0.4, 0.5) is 0 Å². The van der Waals surface area contributed by atoms with E-state index >= 15 is 0 Å². The smallest absolute Gasteiger partial charge is 0.229 e. The van der Waals surface area contributed by atoms with Crippen LogP contribution in [0.3, 0.4) is 0 Å². The molecule has 2 fully saturated rings. The third-order valence-corrected chi connectivity index (χ3v) is 6.36. The Bertz CT molecular complexity index is 1110. The van der Waals surface area contributed by atoms with Crippen LogP contribution in [0, 0.1) is 0 Å². The van der Waals surface area contributed by atoms with Crippen LogP contribution in [0.1, 0.15) is 17.4 Å². The van der Waals surface area contributed by atoms with Gasteiger partial charge < -0.3 is 33.2 Å². The zero-order valence-corrected chi connectivity index (χ0v) is 20.8. The highest BCUT2D eigenvalue weighted by Crippen LogP contribution is 2.37. The van der Waals surface area contributed by atoms with Crippen LogP contribution in [0.2, 0.25) is 0 Å². The molecule has 3 aromatic carbocycles. The summed E-state index contributed by atoms with van der Waals surface area (Å²) in [7, 11) is 1.63. The Kier molecular flexibility index (Phi) is 8.50. The molecule has 0 amide bonds. The average Bonchev–Trinajstić information content (AvgIpc) is 2.96.